The minimum absolute atomic E-state index is 0.219. The molecule has 3 rings (SSSR count). The van der Waals surface area contributed by atoms with Gasteiger partial charge in [-0.25, -0.2) is 9.78 Å². The molecule has 1 amide bonds. The number of piperidine rings is 1. The third kappa shape index (κ3) is 4.76. The van der Waals surface area contributed by atoms with Crippen LogP contribution in [0.15, 0.2) is 36.5 Å². The standard InChI is InChI=1S/C18H22ClN5O2/c1-2-26-18(25)24-11-8-13(9-12-24)21-17-20-10-7-16(23-17)22-15-6-4-3-5-14(15)19/h3-7,10,13H,2,8-9,11-12H2,1H3,(H2,20,21,22,23). The van der Waals surface area contributed by atoms with Crippen LogP contribution in [0.4, 0.5) is 22.2 Å². The van der Waals surface area contributed by atoms with Crippen molar-refractivity contribution in [3.63, 3.8) is 0 Å². The van der Waals surface area contributed by atoms with Crippen molar-refractivity contribution in [2.24, 2.45) is 0 Å². The quantitative estimate of drug-likeness (QED) is 0.824. The van der Waals surface area contributed by atoms with Crippen molar-refractivity contribution in [2.75, 3.05) is 30.3 Å². The maximum absolute atomic E-state index is 11.7. The molecule has 1 aliphatic heterocycles. The van der Waals surface area contributed by atoms with E-state index in [0.29, 0.717) is 36.5 Å². The van der Waals surface area contributed by atoms with Crippen molar-refractivity contribution in [1.82, 2.24) is 14.9 Å². The third-order valence-electron chi connectivity index (χ3n) is 4.15. The number of anilines is 3. The fraction of sp³-hybridized carbons (Fsp3) is 0.389. The highest BCUT2D eigenvalue weighted by molar-refractivity contribution is 6.33. The van der Waals surface area contributed by atoms with E-state index in [1.54, 1.807) is 17.2 Å². The number of nitrogens with zero attached hydrogens (tertiary/aromatic N) is 3. The van der Waals surface area contributed by atoms with E-state index in [0.717, 1.165) is 18.5 Å². The van der Waals surface area contributed by atoms with E-state index in [2.05, 4.69) is 20.6 Å². The van der Waals surface area contributed by atoms with Gasteiger partial charge in [0.05, 0.1) is 17.3 Å². The van der Waals surface area contributed by atoms with Gasteiger partial charge >= 0.3 is 6.09 Å². The number of halogens is 1. The predicted molar refractivity (Wildman–Crippen MR) is 102 cm³/mol. The van der Waals surface area contributed by atoms with Crippen molar-refractivity contribution in [1.29, 1.82) is 0 Å². The zero-order valence-electron chi connectivity index (χ0n) is 14.6. The molecular formula is C18H22ClN5O2. The van der Waals surface area contributed by atoms with Gasteiger partial charge in [-0.2, -0.15) is 4.98 Å². The van der Waals surface area contributed by atoms with E-state index < -0.39 is 0 Å². The first kappa shape index (κ1) is 18.3. The summed E-state index contributed by atoms with van der Waals surface area (Å²) in [4.78, 5) is 22.3. The lowest BCUT2D eigenvalue weighted by Crippen LogP contribution is -2.42. The number of hydrogen-bond donors (Lipinski definition) is 2. The number of likely N-dealkylation sites (tertiary alicyclic amines) is 1. The molecule has 1 aromatic carbocycles. The predicted octanol–water partition coefficient (Wildman–Crippen LogP) is 3.91. The van der Waals surface area contributed by atoms with Gasteiger partial charge in [-0.1, -0.05) is 23.7 Å². The Labute approximate surface area is 157 Å². The third-order valence-corrected chi connectivity index (χ3v) is 4.48. The number of amides is 1. The molecule has 0 radical (unpaired) electrons. The number of carbonyl (C=O) groups is 1. The van der Waals surface area contributed by atoms with E-state index in [4.69, 9.17) is 16.3 Å². The Morgan fingerprint density at radius 2 is 2.08 bits per heavy atom. The Bertz CT molecular complexity index is 750. The molecule has 1 aromatic heterocycles. The molecule has 1 saturated heterocycles. The fourth-order valence-electron chi connectivity index (χ4n) is 2.80. The van der Waals surface area contributed by atoms with Crippen LogP contribution in [0, 0.1) is 0 Å². The first-order valence-electron chi connectivity index (χ1n) is 8.68. The molecule has 138 valence electrons. The minimum Gasteiger partial charge on any atom is -0.450 e. The van der Waals surface area contributed by atoms with Crippen LogP contribution in [0.2, 0.25) is 5.02 Å². The van der Waals surface area contributed by atoms with Crippen molar-refractivity contribution in [2.45, 2.75) is 25.8 Å². The number of carbonyl (C=O) groups excluding carboxylic acids is 1. The van der Waals surface area contributed by atoms with Crippen LogP contribution in [0.1, 0.15) is 19.8 Å². The summed E-state index contributed by atoms with van der Waals surface area (Å²) in [7, 11) is 0. The zero-order chi connectivity index (χ0) is 18.4. The number of aromatic nitrogens is 2. The molecule has 26 heavy (non-hydrogen) atoms. The Morgan fingerprint density at radius 1 is 1.31 bits per heavy atom. The maximum Gasteiger partial charge on any atom is 0.409 e. The highest BCUT2D eigenvalue weighted by Crippen LogP contribution is 2.24. The Balaban J connectivity index is 1.56. The average Bonchev–Trinajstić information content (AvgIpc) is 2.65. The van der Waals surface area contributed by atoms with Gasteiger partial charge in [-0.3, -0.25) is 0 Å². The molecule has 1 aliphatic rings. The summed E-state index contributed by atoms with van der Waals surface area (Å²) >= 11 is 6.17. The summed E-state index contributed by atoms with van der Waals surface area (Å²) < 4.78 is 5.04. The summed E-state index contributed by atoms with van der Waals surface area (Å²) in [6.07, 6.45) is 3.10. The van der Waals surface area contributed by atoms with Crippen LogP contribution < -0.4 is 10.6 Å². The van der Waals surface area contributed by atoms with Gasteiger partial charge in [0.2, 0.25) is 5.95 Å². The first-order chi connectivity index (χ1) is 12.7. The van der Waals surface area contributed by atoms with Crippen LogP contribution in [0.3, 0.4) is 0 Å². The monoisotopic (exact) mass is 375 g/mol. The van der Waals surface area contributed by atoms with Crippen molar-refractivity contribution in [3.05, 3.63) is 41.6 Å². The molecule has 2 heterocycles. The molecule has 7 nitrogen and oxygen atoms in total. The van der Waals surface area contributed by atoms with Gasteiger partial charge in [0.25, 0.3) is 0 Å². The molecule has 8 heteroatoms. The molecule has 0 spiro atoms. The summed E-state index contributed by atoms with van der Waals surface area (Å²) in [6.45, 7) is 3.53. The zero-order valence-corrected chi connectivity index (χ0v) is 15.4. The molecule has 1 fully saturated rings. The summed E-state index contributed by atoms with van der Waals surface area (Å²) in [6, 6.07) is 9.51. The maximum atomic E-state index is 11.7. The van der Waals surface area contributed by atoms with E-state index >= 15 is 0 Å². The largest absolute Gasteiger partial charge is 0.450 e. The average molecular weight is 376 g/mol. The molecule has 0 unspecified atom stereocenters. The van der Waals surface area contributed by atoms with E-state index in [1.807, 2.05) is 31.2 Å². The van der Waals surface area contributed by atoms with Gasteiger partial charge in [-0.05, 0) is 38.0 Å². The van der Waals surface area contributed by atoms with Crippen LogP contribution in [0.5, 0.6) is 0 Å². The van der Waals surface area contributed by atoms with Gasteiger partial charge in [-0.15, -0.1) is 0 Å². The number of hydrogen-bond acceptors (Lipinski definition) is 6. The van der Waals surface area contributed by atoms with Crippen LogP contribution in [-0.4, -0.2) is 46.7 Å². The Morgan fingerprint density at radius 3 is 2.81 bits per heavy atom. The van der Waals surface area contributed by atoms with Crippen molar-refractivity contribution < 1.29 is 9.53 Å². The summed E-state index contributed by atoms with van der Waals surface area (Å²) in [5.74, 6) is 1.22. The highest BCUT2D eigenvalue weighted by Gasteiger charge is 2.23. The van der Waals surface area contributed by atoms with Gasteiger partial charge in [0, 0.05) is 25.3 Å². The normalized spacial score (nSPS) is 14.8. The molecule has 0 atom stereocenters. The lowest BCUT2D eigenvalue weighted by molar-refractivity contribution is 0.0983. The smallest absolute Gasteiger partial charge is 0.409 e. The lowest BCUT2D eigenvalue weighted by atomic mass is 10.1. The highest BCUT2D eigenvalue weighted by atomic mass is 35.5. The molecule has 2 N–H and O–H groups in total. The number of rotatable bonds is 5. The van der Waals surface area contributed by atoms with Crippen molar-refractivity contribution in [3.8, 4) is 0 Å². The fourth-order valence-corrected chi connectivity index (χ4v) is 2.99. The van der Waals surface area contributed by atoms with Gasteiger partial charge < -0.3 is 20.3 Å². The number of benzene rings is 1. The number of ether oxygens (including phenoxy) is 1. The topological polar surface area (TPSA) is 79.4 Å². The Hall–Kier alpha value is -2.54. The SMILES string of the molecule is CCOC(=O)N1CCC(Nc2nccc(Nc3ccccc3Cl)n2)CC1. The summed E-state index contributed by atoms with van der Waals surface area (Å²) in [5, 5.41) is 7.16. The van der Waals surface area contributed by atoms with Crippen LogP contribution in [-0.2, 0) is 4.74 Å². The van der Waals surface area contributed by atoms with E-state index in [1.165, 1.54) is 0 Å². The lowest BCUT2D eigenvalue weighted by Gasteiger charge is -2.31. The van der Waals surface area contributed by atoms with Gasteiger partial charge in [0.15, 0.2) is 0 Å². The van der Waals surface area contributed by atoms with E-state index in [9.17, 15) is 4.79 Å². The first-order valence-corrected chi connectivity index (χ1v) is 9.06. The Kier molecular flexibility index (Phi) is 6.12. The number of para-hydroxylation sites is 1. The minimum atomic E-state index is -0.242. The van der Waals surface area contributed by atoms with Crippen molar-refractivity contribution >= 4 is 35.1 Å². The second-order valence-corrected chi connectivity index (χ2v) is 6.38. The molecule has 0 saturated carbocycles. The summed E-state index contributed by atoms with van der Waals surface area (Å²) in [5.41, 5.74) is 0.793. The molecule has 2 aromatic rings. The van der Waals surface area contributed by atoms with Gasteiger partial charge in [0.1, 0.15) is 5.82 Å². The van der Waals surface area contributed by atoms with E-state index in [-0.39, 0.29) is 12.1 Å². The molecule has 0 bridgehead atoms. The van der Waals surface area contributed by atoms with Crippen LogP contribution >= 0.6 is 11.6 Å². The number of nitrogens with one attached hydrogen (secondary N) is 2. The second-order valence-electron chi connectivity index (χ2n) is 5.97. The molecular weight excluding hydrogens is 354 g/mol. The van der Waals surface area contributed by atoms with Crippen LogP contribution in [0.25, 0.3) is 0 Å². The second kappa shape index (κ2) is 8.71. The molecule has 0 aliphatic carbocycles.